The molecule has 2 aromatic carbocycles. The molecular formula is C23H22Br2O4. The number of benzene rings is 2. The van der Waals surface area contributed by atoms with Crippen molar-refractivity contribution in [1.82, 2.24) is 0 Å². The van der Waals surface area contributed by atoms with Crippen molar-refractivity contribution < 1.29 is 19.4 Å². The van der Waals surface area contributed by atoms with Gasteiger partial charge in [-0.15, -0.1) is 0 Å². The summed E-state index contributed by atoms with van der Waals surface area (Å²) < 4.78 is 12.9. The summed E-state index contributed by atoms with van der Waals surface area (Å²) in [6.45, 7) is 4.49. The van der Waals surface area contributed by atoms with Gasteiger partial charge in [-0.05, 0) is 61.4 Å². The average molecular weight is 522 g/mol. The molecule has 0 heterocycles. The van der Waals surface area contributed by atoms with E-state index in [4.69, 9.17) is 14.6 Å². The first-order valence-corrected chi connectivity index (χ1v) is 10.7. The second kappa shape index (κ2) is 11.8. The number of hydrogen-bond acceptors (Lipinski definition) is 3. The van der Waals surface area contributed by atoms with Crippen LogP contribution in [0.4, 0.5) is 0 Å². The molecule has 2 rings (SSSR count). The van der Waals surface area contributed by atoms with Crippen LogP contribution in [0.15, 0.2) is 63.1 Å². The molecule has 0 amide bonds. The fourth-order valence-corrected chi connectivity index (χ4v) is 3.76. The van der Waals surface area contributed by atoms with E-state index in [0.29, 0.717) is 25.4 Å². The zero-order valence-electron chi connectivity index (χ0n) is 16.2. The van der Waals surface area contributed by atoms with Crippen molar-refractivity contribution in [2.24, 2.45) is 0 Å². The van der Waals surface area contributed by atoms with Crippen LogP contribution in [0.1, 0.15) is 25.0 Å². The van der Waals surface area contributed by atoms with Crippen LogP contribution >= 0.6 is 31.9 Å². The van der Waals surface area contributed by atoms with Crippen molar-refractivity contribution in [3.05, 3.63) is 74.2 Å². The minimum Gasteiger partial charge on any atom is -0.490 e. The second-order valence-corrected chi connectivity index (χ2v) is 8.07. The molecule has 29 heavy (non-hydrogen) atoms. The third kappa shape index (κ3) is 8.45. The molecule has 2 aromatic rings. The van der Waals surface area contributed by atoms with E-state index < -0.39 is 12.1 Å². The van der Waals surface area contributed by atoms with Gasteiger partial charge in [-0.3, -0.25) is 0 Å². The molecule has 4 nitrogen and oxygen atoms in total. The lowest BCUT2D eigenvalue weighted by atomic mass is 10.1. The molecule has 0 spiro atoms. The number of carbonyl (C=O) groups is 1. The number of halogens is 2. The minimum atomic E-state index is -0.955. The van der Waals surface area contributed by atoms with E-state index in [-0.39, 0.29) is 0 Å². The van der Waals surface area contributed by atoms with E-state index in [0.717, 1.165) is 25.6 Å². The highest BCUT2D eigenvalue weighted by Gasteiger charge is 2.17. The van der Waals surface area contributed by atoms with E-state index in [1.54, 1.807) is 6.92 Å². The fourth-order valence-electron chi connectivity index (χ4n) is 2.47. The van der Waals surface area contributed by atoms with Crippen LogP contribution in [0.2, 0.25) is 0 Å². The van der Waals surface area contributed by atoms with Gasteiger partial charge in [-0.25, -0.2) is 4.79 Å². The van der Waals surface area contributed by atoms with Crippen LogP contribution in [0.5, 0.6) is 5.75 Å². The molecule has 0 aliphatic heterocycles. The Morgan fingerprint density at radius 2 is 1.83 bits per heavy atom. The number of ether oxygens (including phenoxy) is 2. The van der Waals surface area contributed by atoms with Crippen LogP contribution in [-0.4, -0.2) is 30.4 Å². The maximum absolute atomic E-state index is 11.2. The van der Waals surface area contributed by atoms with Crippen molar-refractivity contribution in [2.75, 3.05) is 13.2 Å². The molecule has 6 heteroatoms. The Bertz CT molecular complexity index is 904. The summed E-state index contributed by atoms with van der Waals surface area (Å²) in [6.07, 6.45) is 1.41. The third-order valence-corrected chi connectivity index (χ3v) is 4.81. The van der Waals surface area contributed by atoms with Gasteiger partial charge in [0.25, 0.3) is 0 Å². The summed E-state index contributed by atoms with van der Waals surface area (Å²) in [6, 6.07) is 13.2. The SMILES string of the molecule is CCOC(Cc1ccc(OCC=C(C)C#Cc2cc(Br)cc(Br)c2)cc1)C(=O)O. The zero-order chi connectivity index (χ0) is 21.2. The smallest absolute Gasteiger partial charge is 0.333 e. The third-order valence-electron chi connectivity index (χ3n) is 3.89. The first-order valence-electron chi connectivity index (χ1n) is 9.08. The highest BCUT2D eigenvalue weighted by atomic mass is 79.9. The molecule has 0 saturated heterocycles. The monoisotopic (exact) mass is 520 g/mol. The van der Waals surface area contributed by atoms with Crippen molar-refractivity contribution in [1.29, 1.82) is 0 Å². The first-order chi connectivity index (χ1) is 13.9. The lowest BCUT2D eigenvalue weighted by molar-refractivity contribution is -0.149. The molecule has 0 fully saturated rings. The van der Waals surface area contributed by atoms with Crippen LogP contribution in [0.3, 0.4) is 0 Å². The Labute approximate surface area is 188 Å². The summed E-state index contributed by atoms with van der Waals surface area (Å²) in [5.74, 6) is 6.00. The minimum absolute atomic E-state index is 0.323. The lowest BCUT2D eigenvalue weighted by Gasteiger charge is -2.12. The average Bonchev–Trinajstić information content (AvgIpc) is 2.66. The number of rotatable bonds is 8. The van der Waals surface area contributed by atoms with E-state index in [2.05, 4.69) is 43.7 Å². The summed E-state index contributed by atoms with van der Waals surface area (Å²) in [5.41, 5.74) is 2.72. The van der Waals surface area contributed by atoms with Gasteiger partial charge in [0.1, 0.15) is 12.4 Å². The topological polar surface area (TPSA) is 55.8 Å². The number of allylic oxidation sites excluding steroid dienone is 1. The Kier molecular flexibility index (Phi) is 9.46. The van der Waals surface area contributed by atoms with Gasteiger partial charge in [-0.1, -0.05) is 55.8 Å². The van der Waals surface area contributed by atoms with Gasteiger partial charge in [0.15, 0.2) is 6.10 Å². The maximum Gasteiger partial charge on any atom is 0.333 e. The largest absolute Gasteiger partial charge is 0.490 e. The van der Waals surface area contributed by atoms with E-state index in [1.165, 1.54) is 0 Å². The molecule has 1 unspecified atom stereocenters. The molecule has 0 aromatic heterocycles. The van der Waals surface area contributed by atoms with E-state index in [1.807, 2.05) is 55.5 Å². The summed E-state index contributed by atoms with van der Waals surface area (Å²) in [7, 11) is 0. The van der Waals surface area contributed by atoms with Crippen molar-refractivity contribution >= 4 is 37.8 Å². The molecule has 0 aliphatic rings. The molecule has 1 atom stereocenters. The van der Waals surface area contributed by atoms with E-state index >= 15 is 0 Å². The molecule has 0 aliphatic carbocycles. The number of hydrogen-bond donors (Lipinski definition) is 1. The van der Waals surface area contributed by atoms with E-state index in [9.17, 15) is 4.79 Å². The highest BCUT2D eigenvalue weighted by molar-refractivity contribution is 9.11. The van der Waals surface area contributed by atoms with Crippen LogP contribution in [0.25, 0.3) is 0 Å². The van der Waals surface area contributed by atoms with Gasteiger partial charge in [0.2, 0.25) is 0 Å². The first kappa shape index (κ1) is 23.2. The highest BCUT2D eigenvalue weighted by Crippen LogP contribution is 2.19. The fraction of sp³-hybridized carbons (Fsp3) is 0.261. The van der Waals surface area contributed by atoms with Crippen molar-refractivity contribution in [2.45, 2.75) is 26.4 Å². The van der Waals surface area contributed by atoms with Crippen LogP contribution in [-0.2, 0) is 16.0 Å². The van der Waals surface area contributed by atoms with Gasteiger partial charge in [0.05, 0.1) is 0 Å². The molecule has 152 valence electrons. The summed E-state index contributed by atoms with van der Waals surface area (Å²) >= 11 is 6.90. The van der Waals surface area contributed by atoms with Crippen LogP contribution < -0.4 is 4.74 Å². The van der Waals surface area contributed by atoms with Gasteiger partial charge in [0, 0.05) is 27.5 Å². The molecule has 1 N–H and O–H groups in total. The van der Waals surface area contributed by atoms with Crippen LogP contribution in [0, 0.1) is 11.8 Å². The Balaban J connectivity index is 1.89. The lowest BCUT2D eigenvalue weighted by Crippen LogP contribution is -2.26. The number of carboxylic acid groups (broad SMARTS) is 1. The quantitative estimate of drug-likeness (QED) is 0.458. The standard InChI is InChI=1S/C23H22Br2O4/c1-3-28-22(23(26)27)14-17-6-8-21(9-7-17)29-11-10-16(2)4-5-18-12-19(24)15-20(25)13-18/h6-10,12-13,15,22H,3,11,14H2,1-2H3,(H,26,27). The van der Waals surface area contributed by atoms with Gasteiger partial charge >= 0.3 is 5.97 Å². The second-order valence-electron chi connectivity index (χ2n) is 6.24. The predicted octanol–water partition coefficient (Wildman–Crippen LogP) is 5.62. The zero-order valence-corrected chi connectivity index (χ0v) is 19.4. The molecule has 0 bridgehead atoms. The Morgan fingerprint density at radius 1 is 1.17 bits per heavy atom. The Hall–Kier alpha value is -2.07. The molecule has 0 radical (unpaired) electrons. The number of aliphatic carboxylic acids is 1. The molecule has 0 saturated carbocycles. The maximum atomic E-state index is 11.2. The van der Waals surface area contributed by atoms with Gasteiger partial charge in [-0.2, -0.15) is 0 Å². The molecular weight excluding hydrogens is 500 g/mol. The van der Waals surface area contributed by atoms with Crippen molar-refractivity contribution in [3.8, 4) is 17.6 Å². The summed E-state index contributed by atoms with van der Waals surface area (Å²) in [5, 5.41) is 9.16. The normalized spacial score (nSPS) is 12.1. The predicted molar refractivity (Wildman–Crippen MR) is 121 cm³/mol. The number of carboxylic acids is 1. The summed E-state index contributed by atoms with van der Waals surface area (Å²) in [4.78, 5) is 11.2. The van der Waals surface area contributed by atoms with Crippen molar-refractivity contribution in [3.63, 3.8) is 0 Å². The Morgan fingerprint density at radius 3 is 2.41 bits per heavy atom. The van der Waals surface area contributed by atoms with Gasteiger partial charge < -0.3 is 14.6 Å².